The molecule has 0 radical (unpaired) electrons. The molecule has 188 valence electrons. The molecule has 0 saturated heterocycles. The van der Waals surface area contributed by atoms with E-state index in [0.717, 1.165) is 5.56 Å². The summed E-state index contributed by atoms with van der Waals surface area (Å²) >= 11 is 0. The number of methoxy groups -OCH3 is 2. The minimum absolute atomic E-state index is 0.113. The van der Waals surface area contributed by atoms with Crippen molar-refractivity contribution >= 4 is 11.8 Å². The van der Waals surface area contributed by atoms with Gasteiger partial charge in [-0.15, -0.1) is 0 Å². The number of amides is 2. The first-order chi connectivity index (χ1) is 16.8. The van der Waals surface area contributed by atoms with Crippen molar-refractivity contribution < 1.29 is 23.8 Å². The molecule has 1 aliphatic rings. The SMILES string of the molecule is COc1ccc([C@H]2C/C=C/C[C@@H](C)Oc3ccccc3C(=O)N(C)[C@H](C(C)C)C(=O)N2)c(OC)c1. The molecule has 0 saturated carbocycles. The molecule has 1 N–H and O–H groups in total. The van der Waals surface area contributed by atoms with Crippen LogP contribution in [0.3, 0.4) is 0 Å². The summed E-state index contributed by atoms with van der Waals surface area (Å²) in [5.41, 5.74) is 1.28. The molecule has 2 aromatic rings. The van der Waals surface area contributed by atoms with Crippen LogP contribution in [0.4, 0.5) is 0 Å². The van der Waals surface area contributed by atoms with Crippen molar-refractivity contribution in [3.05, 3.63) is 65.7 Å². The second-order valence-corrected chi connectivity index (χ2v) is 9.14. The van der Waals surface area contributed by atoms with Crippen molar-refractivity contribution in [1.29, 1.82) is 0 Å². The van der Waals surface area contributed by atoms with Gasteiger partial charge in [-0.3, -0.25) is 9.59 Å². The van der Waals surface area contributed by atoms with Crippen LogP contribution in [0.25, 0.3) is 0 Å². The van der Waals surface area contributed by atoms with Gasteiger partial charge in [0.1, 0.15) is 23.3 Å². The number of ether oxygens (including phenoxy) is 3. The van der Waals surface area contributed by atoms with Gasteiger partial charge in [0.05, 0.1) is 31.9 Å². The Labute approximate surface area is 208 Å². The molecule has 35 heavy (non-hydrogen) atoms. The molecular weight excluding hydrogens is 444 g/mol. The number of likely N-dealkylation sites (N-methyl/N-ethyl adjacent to an activating group) is 1. The number of rotatable bonds is 4. The molecule has 1 aliphatic heterocycles. The Balaban J connectivity index is 2.04. The smallest absolute Gasteiger partial charge is 0.258 e. The third-order valence-corrected chi connectivity index (χ3v) is 6.22. The number of carbonyl (C=O) groups is 2. The van der Waals surface area contributed by atoms with Crippen molar-refractivity contribution in [2.45, 2.75) is 51.8 Å². The van der Waals surface area contributed by atoms with Gasteiger partial charge in [0, 0.05) is 25.1 Å². The van der Waals surface area contributed by atoms with Gasteiger partial charge in [0.15, 0.2) is 0 Å². The summed E-state index contributed by atoms with van der Waals surface area (Å²) in [6.07, 6.45) is 5.18. The predicted octanol–water partition coefficient (Wildman–Crippen LogP) is 4.78. The van der Waals surface area contributed by atoms with Crippen LogP contribution in [-0.4, -0.2) is 50.1 Å². The highest BCUT2D eigenvalue weighted by Crippen LogP contribution is 2.32. The number of nitrogens with zero attached hydrogens (tertiary/aromatic N) is 1. The number of benzene rings is 2. The normalized spacial score (nSPS) is 22.5. The van der Waals surface area contributed by atoms with E-state index in [-0.39, 0.29) is 29.9 Å². The highest BCUT2D eigenvalue weighted by molar-refractivity contribution is 5.99. The summed E-state index contributed by atoms with van der Waals surface area (Å²) in [5, 5.41) is 3.18. The van der Waals surface area contributed by atoms with Crippen molar-refractivity contribution in [1.82, 2.24) is 10.2 Å². The fraction of sp³-hybridized carbons (Fsp3) is 0.429. The predicted molar refractivity (Wildman–Crippen MR) is 136 cm³/mol. The summed E-state index contributed by atoms with van der Waals surface area (Å²) < 4.78 is 17.1. The molecule has 7 nitrogen and oxygen atoms in total. The number of fused-ring (bicyclic) bond motifs is 1. The topological polar surface area (TPSA) is 77.1 Å². The zero-order valence-electron chi connectivity index (χ0n) is 21.4. The van der Waals surface area contributed by atoms with Gasteiger partial charge in [-0.25, -0.2) is 0 Å². The van der Waals surface area contributed by atoms with E-state index in [1.54, 1.807) is 45.5 Å². The lowest BCUT2D eigenvalue weighted by atomic mass is 9.97. The fourth-order valence-corrected chi connectivity index (χ4v) is 4.40. The lowest BCUT2D eigenvalue weighted by Gasteiger charge is -2.32. The third-order valence-electron chi connectivity index (χ3n) is 6.22. The maximum Gasteiger partial charge on any atom is 0.258 e. The van der Waals surface area contributed by atoms with Gasteiger partial charge in [-0.1, -0.05) is 38.1 Å². The minimum atomic E-state index is -0.674. The molecule has 0 fully saturated rings. The van der Waals surface area contributed by atoms with Crippen molar-refractivity contribution in [3.8, 4) is 17.2 Å². The van der Waals surface area contributed by atoms with Crippen molar-refractivity contribution in [2.24, 2.45) is 5.92 Å². The summed E-state index contributed by atoms with van der Waals surface area (Å²) in [5.74, 6) is 1.22. The van der Waals surface area contributed by atoms with E-state index < -0.39 is 6.04 Å². The van der Waals surface area contributed by atoms with Gasteiger partial charge in [-0.2, -0.15) is 0 Å². The van der Waals surface area contributed by atoms with Crippen LogP contribution in [0.2, 0.25) is 0 Å². The zero-order valence-corrected chi connectivity index (χ0v) is 21.4. The van der Waals surface area contributed by atoms with Crippen molar-refractivity contribution in [3.63, 3.8) is 0 Å². The summed E-state index contributed by atoms with van der Waals surface area (Å²) in [7, 11) is 4.86. The van der Waals surface area contributed by atoms with Gasteiger partial charge in [-0.05, 0) is 43.5 Å². The van der Waals surface area contributed by atoms with Crippen LogP contribution < -0.4 is 19.5 Å². The van der Waals surface area contributed by atoms with E-state index >= 15 is 0 Å². The monoisotopic (exact) mass is 480 g/mol. The molecule has 3 rings (SSSR count). The van der Waals surface area contributed by atoms with Crippen LogP contribution in [-0.2, 0) is 4.79 Å². The second kappa shape index (κ2) is 11.8. The minimum Gasteiger partial charge on any atom is -0.497 e. The van der Waals surface area contributed by atoms with Crippen LogP contribution in [0, 0.1) is 5.92 Å². The Kier molecular flexibility index (Phi) is 8.79. The van der Waals surface area contributed by atoms with Gasteiger partial charge < -0.3 is 24.4 Å². The van der Waals surface area contributed by atoms with Crippen LogP contribution in [0.1, 0.15) is 55.6 Å². The first-order valence-electron chi connectivity index (χ1n) is 12.0. The molecule has 2 aromatic carbocycles. The standard InChI is InChI=1S/C28H36N2O5/c1-18(2)26-27(31)29-23(21-16-15-20(33-5)17-25(21)34-6)13-9-7-11-19(3)35-24-14-10-8-12-22(24)28(32)30(26)4/h7-10,12,14-19,23,26H,11,13H2,1-6H3,(H,29,31)/b9-7+/t19-,23-,26-/m1/s1. The second-order valence-electron chi connectivity index (χ2n) is 9.14. The molecule has 0 unspecified atom stereocenters. The maximum atomic E-state index is 13.6. The molecule has 0 aromatic heterocycles. The van der Waals surface area contributed by atoms with Crippen LogP contribution >= 0.6 is 0 Å². The van der Waals surface area contributed by atoms with E-state index in [1.165, 1.54) is 4.90 Å². The lowest BCUT2D eigenvalue weighted by Crippen LogP contribution is -2.51. The summed E-state index contributed by atoms with van der Waals surface area (Å²) in [6, 6.07) is 11.7. The van der Waals surface area contributed by atoms with Gasteiger partial charge >= 0.3 is 0 Å². The Morgan fingerprint density at radius 2 is 1.74 bits per heavy atom. The first-order valence-corrected chi connectivity index (χ1v) is 12.0. The number of hydrogen-bond donors (Lipinski definition) is 1. The molecule has 1 heterocycles. The van der Waals surface area contributed by atoms with E-state index in [4.69, 9.17) is 14.2 Å². The van der Waals surface area contributed by atoms with E-state index in [0.29, 0.717) is 35.7 Å². The molecule has 3 atom stereocenters. The largest absolute Gasteiger partial charge is 0.497 e. The molecule has 0 spiro atoms. The fourth-order valence-electron chi connectivity index (χ4n) is 4.40. The molecule has 0 bridgehead atoms. The quantitative estimate of drug-likeness (QED) is 0.638. The van der Waals surface area contributed by atoms with E-state index in [9.17, 15) is 9.59 Å². The van der Waals surface area contributed by atoms with Gasteiger partial charge in [0.25, 0.3) is 5.91 Å². The Morgan fingerprint density at radius 3 is 2.43 bits per heavy atom. The molecule has 7 heteroatoms. The number of carbonyl (C=O) groups excluding carboxylic acids is 2. The highest BCUT2D eigenvalue weighted by atomic mass is 16.5. The number of para-hydroxylation sites is 1. The molecule has 0 aliphatic carbocycles. The van der Waals surface area contributed by atoms with Crippen LogP contribution in [0.5, 0.6) is 17.2 Å². The van der Waals surface area contributed by atoms with Crippen molar-refractivity contribution in [2.75, 3.05) is 21.3 Å². The lowest BCUT2D eigenvalue weighted by molar-refractivity contribution is -0.127. The highest BCUT2D eigenvalue weighted by Gasteiger charge is 2.33. The zero-order chi connectivity index (χ0) is 25.5. The number of hydrogen-bond acceptors (Lipinski definition) is 5. The Hall–Kier alpha value is -3.48. The average Bonchev–Trinajstić information content (AvgIpc) is 2.84. The Morgan fingerprint density at radius 1 is 1.03 bits per heavy atom. The maximum absolute atomic E-state index is 13.6. The molecular formula is C28H36N2O5. The number of nitrogens with one attached hydrogen (secondary N) is 1. The van der Waals surface area contributed by atoms with Gasteiger partial charge in [0.2, 0.25) is 5.91 Å². The van der Waals surface area contributed by atoms with Crippen LogP contribution in [0.15, 0.2) is 54.6 Å². The third kappa shape index (κ3) is 6.15. The first kappa shape index (κ1) is 26.1. The summed E-state index contributed by atoms with van der Waals surface area (Å²) in [4.78, 5) is 28.7. The Bertz CT molecular complexity index is 1070. The molecule has 2 amide bonds. The van der Waals surface area contributed by atoms with E-state index in [2.05, 4.69) is 5.32 Å². The summed E-state index contributed by atoms with van der Waals surface area (Å²) in [6.45, 7) is 5.85. The van der Waals surface area contributed by atoms with E-state index in [1.807, 2.05) is 51.1 Å². The average molecular weight is 481 g/mol.